The van der Waals surface area contributed by atoms with E-state index in [2.05, 4.69) is 9.80 Å². The second kappa shape index (κ2) is 8.10. The maximum Gasteiger partial charge on any atom is 0.236 e. The third-order valence-corrected chi connectivity index (χ3v) is 7.84. The van der Waals surface area contributed by atoms with Crippen molar-refractivity contribution in [3.8, 4) is 0 Å². The van der Waals surface area contributed by atoms with Crippen molar-refractivity contribution in [1.29, 1.82) is 0 Å². The molecule has 1 spiro atoms. The van der Waals surface area contributed by atoms with Gasteiger partial charge in [0.05, 0.1) is 12.0 Å². The smallest absolute Gasteiger partial charge is 0.236 e. The Labute approximate surface area is 164 Å². The fourth-order valence-electron chi connectivity index (χ4n) is 5.76. The van der Waals surface area contributed by atoms with Gasteiger partial charge >= 0.3 is 0 Å². The van der Waals surface area contributed by atoms with Crippen LogP contribution in [0.5, 0.6) is 0 Å². The number of hydrogen-bond donors (Lipinski definition) is 0. The zero-order chi connectivity index (χ0) is 18.9. The molecule has 4 rings (SSSR count). The number of carbonyl (C=O) groups is 2. The van der Waals surface area contributed by atoms with Crippen LogP contribution in [0.3, 0.4) is 0 Å². The fraction of sp³-hybridized carbons (Fsp3) is 0.909. The second-order valence-corrected chi connectivity index (χ2v) is 9.69. The van der Waals surface area contributed by atoms with Gasteiger partial charge in [0.25, 0.3) is 0 Å². The predicted octanol–water partition coefficient (Wildman–Crippen LogP) is 2.89. The maximum absolute atomic E-state index is 13.2. The highest BCUT2D eigenvalue weighted by Crippen LogP contribution is 2.41. The number of likely N-dealkylation sites (N-methyl/N-ethyl adjacent to an activating group) is 1. The Morgan fingerprint density at radius 3 is 2.52 bits per heavy atom. The topological polar surface area (TPSA) is 43.9 Å². The highest BCUT2D eigenvalue weighted by atomic mass is 16.2. The summed E-state index contributed by atoms with van der Waals surface area (Å²) in [5.41, 5.74) is -0.203. The Morgan fingerprint density at radius 2 is 1.81 bits per heavy atom. The molecule has 2 saturated carbocycles. The SMILES string of the molecule is CN(C(=O)CN1CC[C@@]2(CCCN(CC3CCC3)C2=O)C1)C1CCCCC1. The Hall–Kier alpha value is -1.10. The summed E-state index contributed by atoms with van der Waals surface area (Å²) in [5.74, 6) is 1.37. The Balaban J connectivity index is 1.31. The molecule has 0 radical (unpaired) electrons. The molecule has 4 aliphatic rings. The van der Waals surface area contributed by atoms with E-state index >= 15 is 0 Å². The van der Waals surface area contributed by atoms with Gasteiger partial charge in [-0.05, 0) is 57.4 Å². The molecule has 0 N–H and O–H groups in total. The molecule has 2 aliphatic heterocycles. The molecule has 5 nitrogen and oxygen atoms in total. The molecule has 4 fully saturated rings. The van der Waals surface area contributed by atoms with E-state index in [0.29, 0.717) is 18.5 Å². The minimum atomic E-state index is -0.203. The lowest BCUT2D eigenvalue weighted by atomic mass is 9.77. The summed E-state index contributed by atoms with van der Waals surface area (Å²) in [5, 5.41) is 0. The van der Waals surface area contributed by atoms with Crippen molar-refractivity contribution in [2.45, 2.75) is 76.7 Å². The van der Waals surface area contributed by atoms with Gasteiger partial charge in [-0.25, -0.2) is 0 Å². The minimum absolute atomic E-state index is 0.203. The minimum Gasteiger partial charge on any atom is -0.342 e. The summed E-state index contributed by atoms with van der Waals surface area (Å²) in [7, 11) is 1.98. The highest BCUT2D eigenvalue weighted by Gasteiger charge is 2.49. The van der Waals surface area contributed by atoms with E-state index in [1.54, 1.807) is 0 Å². The molecule has 2 aliphatic carbocycles. The fourth-order valence-corrected chi connectivity index (χ4v) is 5.76. The summed E-state index contributed by atoms with van der Waals surface area (Å²) in [6, 6.07) is 0.428. The first-order valence-corrected chi connectivity index (χ1v) is 11.3. The number of hydrogen-bond acceptors (Lipinski definition) is 3. The molecular formula is C22H37N3O2. The van der Waals surface area contributed by atoms with Crippen LogP contribution in [0.1, 0.15) is 70.6 Å². The van der Waals surface area contributed by atoms with E-state index in [-0.39, 0.29) is 11.3 Å². The van der Waals surface area contributed by atoms with E-state index in [9.17, 15) is 9.59 Å². The first kappa shape index (κ1) is 19.2. The summed E-state index contributed by atoms with van der Waals surface area (Å²) in [4.78, 5) is 32.4. The number of likely N-dealkylation sites (tertiary alicyclic amines) is 2. The summed E-state index contributed by atoms with van der Waals surface area (Å²) in [6.07, 6.45) is 13.1. The molecule has 2 saturated heterocycles. The third kappa shape index (κ3) is 4.03. The van der Waals surface area contributed by atoms with Crippen LogP contribution in [0.25, 0.3) is 0 Å². The van der Waals surface area contributed by atoms with Crippen LogP contribution in [-0.4, -0.2) is 72.3 Å². The normalized spacial score (nSPS) is 30.7. The van der Waals surface area contributed by atoms with Crippen LogP contribution in [-0.2, 0) is 9.59 Å². The van der Waals surface area contributed by atoms with Gasteiger partial charge in [-0.15, -0.1) is 0 Å². The van der Waals surface area contributed by atoms with Gasteiger partial charge in [0.2, 0.25) is 11.8 Å². The van der Waals surface area contributed by atoms with Gasteiger partial charge in [0.1, 0.15) is 0 Å². The molecule has 1 atom stereocenters. The van der Waals surface area contributed by atoms with Gasteiger partial charge in [0.15, 0.2) is 0 Å². The number of amides is 2. The standard InChI is InChI=1S/C22H37N3O2/c1-23(19-9-3-2-4-10-19)20(26)16-24-14-12-22(17-24)11-6-13-25(21(22)27)15-18-7-5-8-18/h18-19H,2-17H2,1H3/t22-/m0/s1. The summed E-state index contributed by atoms with van der Waals surface area (Å²) in [6.45, 7) is 4.10. The van der Waals surface area contributed by atoms with Crippen molar-refractivity contribution in [3.63, 3.8) is 0 Å². The second-order valence-electron chi connectivity index (χ2n) is 9.69. The number of nitrogens with zero attached hydrogens (tertiary/aromatic N) is 3. The molecule has 2 amide bonds. The van der Waals surface area contributed by atoms with Crippen molar-refractivity contribution in [3.05, 3.63) is 0 Å². The largest absolute Gasteiger partial charge is 0.342 e. The van der Waals surface area contributed by atoms with E-state index in [0.717, 1.165) is 64.2 Å². The quantitative estimate of drug-likeness (QED) is 0.742. The van der Waals surface area contributed by atoms with Crippen molar-refractivity contribution in [2.75, 3.05) is 39.8 Å². The highest BCUT2D eigenvalue weighted by molar-refractivity contribution is 5.84. The zero-order valence-electron chi connectivity index (χ0n) is 17.1. The van der Waals surface area contributed by atoms with Gasteiger partial charge < -0.3 is 9.80 Å². The predicted molar refractivity (Wildman–Crippen MR) is 106 cm³/mol. The molecule has 152 valence electrons. The van der Waals surface area contributed by atoms with E-state index in [1.807, 2.05) is 11.9 Å². The third-order valence-electron chi connectivity index (χ3n) is 7.84. The van der Waals surface area contributed by atoms with Crippen molar-refractivity contribution in [2.24, 2.45) is 11.3 Å². The maximum atomic E-state index is 13.2. The molecule has 0 bridgehead atoms. The molecule has 0 unspecified atom stereocenters. The molecule has 0 aromatic carbocycles. The average Bonchev–Trinajstić information content (AvgIpc) is 3.05. The Morgan fingerprint density at radius 1 is 1.04 bits per heavy atom. The van der Waals surface area contributed by atoms with Crippen molar-refractivity contribution in [1.82, 2.24) is 14.7 Å². The van der Waals surface area contributed by atoms with E-state index in [1.165, 1.54) is 38.5 Å². The monoisotopic (exact) mass is 375 g/mol. The van der Waals surface area contributed by atoms with E-state index < -0.39 is 0 Å². The van der Waals surface area contributed by atoms with Gasteiger partial charge in [-0.2, -0.15) is 0 Å². The summed E-state index contributed by atoms with van der Waals surface area (Å²) < 4.78 is 0. The number of rotatable bonds is 5. The lowest BCUT2D eigenvalue weighted by Gasteiger charge is -2.42. The number of carbonyl (C=O) groups excluding carboxylic acids is 2. The Bertz CT molecular complexity index is 556. The lowest BCUT2D eigenvalue weighted by molar-refractivity contribution is -0.147. The van der Waals surface area contributed by atoms with Crippen molar-refractivity contribution < 1.29 is 9.59 Å². The van der Waals surface area contributed by atoms with Gasteiger partial charge in [-0.3, -0.25) is 14.5 Å². The van der Waals surface area contributed by atoms with Crippen molar-refractivity contribution >= 4 is 11.8 Å². The summed E-state index contributed by atoms with van der Waals surface area (Å²) >= 11 is 0. The van der Waals surface area contributed by atoms with E-state index in [4.69, 9.17) is 0 Å². The van der Waals surface area contributed by atoms with Crippen LogP contribution < -0.4 is 0 Å². The lowest BCUT2D eigenvalue weighted by Crippen LogP contribution is -2.52. The first-order valence-electron chi connectivity index (χ1n) is 11.3. The molecular weight excluding hydrogens is 338 g/mol. The van der Waals surface area contributed by atoms with Gasteiger partial charge in [-0.1, -0.05) is 25.7 Å². The van der Waals surface area contributed by atoms with Crippen LogP contribution in [0.4, 0.5) is 0 Å². The molecule has 0 aromatic heterocycles. The zero-order valence-corrected chi connectivity index (χ0v) is 17.1. The molecule has 5 heteroatoms. The van der Waals surface area contributed by atoms with Crippen LogP contribution in [0.2, 0.25) is 0 Å². The van der Waals surface area contributed by atoms with Crippen LogP contribution in [0.15, 0.2) is 0 Å². The van der Waals surface area contributed by atoms with Gasteiger partial charge in [0, 0.05) is 32.7 Å². The number of piperidine rings is 1. The molecule has 2 heterocycles. The first-order chi connectivity index (χ1) is 13.1. The molecule has 27 heavy (non-hydrogen) atoms. The average molecular weight is 376 g/mol. The Kier molecular flexibility index (Phi) is 5.77. The van der Waals surface area contributed by atoms with Crippen LogP contribution >= 0.6 is 0 Å². The molecule has 0 aromatic rings. The van der Waals surface area contributed by atoms with Crippen LogP contribution in [0, 0.1) is 11.3 Å².